The summed E-state index contributed by atoms with van der Waals surface area (Å²) in [6.45, 7) is 0.648. The molecule has 1 N–H and O–H groups in total. The van der Waals surface area contributed by atoms with Gasteiger partial charge in [-0.2, -0.15) is 0 Å². The van der Waals surface area contributed by atoms with Crippen molar-refractivity contribution in [3.63, 3.8) is 0 Å². The number of nitrogens with one attached hydrogen (secondary N) is 1. The lowest BCUT2D eigenvalue weighted by Crippen LogP contribution is -2.24. The average molecular weight is 303 g/mol. The molecular weight excluding hydrogens is 290 g/mol. The lowest BCUT2D eigenvalue weighted by Gasteiger charge is -2.01. The van der Waals surface area contributed by atoms with Crippen molar-refractivity contribution in [3.8, 4) is 10.6 Å². The van der Waals surface area contributed by atoms with E-state index in [1.54, 1.807) is 17.6 Å². The smallest absolute Gasteiger partial charge is 0.261 e. The third-order valence-electron chi connectivity index (χ3n) is 2.83. The fourth-order valence-corrected chi connectivity index (χ4v) is 3.47. The SMILES string of the molecule is O=C(NCCc1ccc(-c2ccco2)s1)c1cccs1. The molecule has 3 rings (SSSR count). The normalized spacial score (nSPS) is 10.6. The Labute approximate surface area is 124 Å². The molecule has 1 amide bonds. The first kappa shape index (κ1) is 13.1. The minimum atomic E-state index is 0.00261. The average Bonchev–Trinajstić information content (AvgIpc) is 3.20. The second-order valence-corrected chi connectivity index (χ2v) is 6.34. The first-order chi connectivity index (χ1) is 9.83. The highest BCUT2D eigenvalue weighted by Gasteiger charge is 2.07. The molecule has 0 aliphatic carbocycles. The van der Waals surface area contributed by atoms with Crippen LogP contribution in [0.1, 0.15) is 14.5 Å². The molecule has 0 aromatic carbocycles. The zero-order valence-electron chi connectivity index (χ0n) is 10.7. The molecule has 0 saturated heterocycles. The van der Waals surface area contributed by atoms with Gasteiger partial charge in [0.1, 0.15) is 5.76 Å². The Morgan fingerprint density at radius 1 is 1.20 bits per heavy atom. The molecule has 3 nitrogen and oxygen atoms in total. The van der Waals surface area contributed by atoms with E-state index in [0.717, 1.165) is 21.9 Å². The minimum Gasteiger partial charge on any atom is -0.464 e. The number of hydrogen-bond donors (Lipinski definition) is 1. The van der Waals surface area contributed by atoms with Crippen LogP contribution in [-0.4, -0.2) is 12.5 Å². The highest BCUT2D eigenvalue weighted by molar-refractivity contribution is 7.15. The zero-order chi connectivity index (χ0) is 13.8. The summed E-state index contributed by atoms with van der Waals surface area (Å²) >= 11 is 3.16. The number of carbonyl (C=O) groups is 1. The number of hydrogen-bond acceptors (Lipinski definition) is 4. The van der Waals surface area contributed by atoms with Crippen LogP contribution in [0, 0.1) is 0 Å². The minimum absolute atomic E-state index is 0.00261. The Kier molecular flexibility index (Phi) is 3.99. The second-order valence-electron chi connectivity index (χ2n) is 4.23. The first-order valence-electron chi connectivity index (χ1n) is 6.27. The van der Waals surface area contributed by atoms with Crippen LogP contribution in [0.3, 0.4) is 0 Å². The molecule has 102 valence electrons. The molecular formula is C15H13NO2S2. The van der Waals surface area contributed by atoms with Crippen LogP contribution in [0.2, 0.25) is 0 Å². The van der Waals surface area contributed by atoms with Crippen molar-refractivity contribution < 1.29 is 9.21 Å². The monoisotopic (exact) mass is 303 g/mol. The fourth-order valence-electron chi connectivity index (χ4n) is 1.86. The van der Waals surface area contributed by atoms with Crippen LogP contribution in [-0.2, 0) is 6.42 Å². The van der Waals surface area contributed by atoms with Gasteiger partial charge < -0.3 is 9.73 Å². The second kappa shape index (κ2) is 6.07. The maximum absolute atomic E-state index is 11.8. The van der Waals surface area contributed by atoms with Crippen molar-refractivity contribution in [1.82, 2.24) is 5.32 Å². The molecule has 3 aromatic heterocycles. The molecule has 20 heavy (non-hydrogen) atoms. The summed E-state index contributed by atoms with van der Waals surface area (Å²) in [5.41, 5.74) is 0. The van der Waals surface area contributed by atoms with Crippen molar-refractivity contribution in [1.29, 1.82) is 0 Å². The molecule has 3 heterocycles. The van der Waals surface area contributed by atoms with Crippen molar-refractivity contribution in [3.05, 3.63) is 57.8 Å². The number of furan rings is 1. The summed E-state index contributed by atoms with van der Waals surface area (Å²) in [6, 6.07) is 11.7. The molecule has 0 radical (unpaired) electrons. The summed E-state index contributed by atoms with van der Waals surface area (Å²) in [5.74, 6) is 0.895. The summed E-state index contributed by atoms with van der Waals surface area (Å²) in [4.78, 5) is 14.9. The molecule has 0 bridgehead atoms. The molecule has 3 aromatic rings. The first-order valence-corrected chi connectivity index (χ1v) is 7.97. The van der Waals surface area contributed by atoms with Crippen LogP contribution >= 0.6 is 22.7 Å². The topological polar surface area (TPSA) is 42.2 Å². The predicted molar refractivity (Wildman–Crippen MR) is 82.4 cm³/mol. The fraction of sp³-hybridized carbons (Fsp3) is 0.133. The highest BCUT2D eigenvalue weighted by Crippen LogP contribution is 2.28. The summed E-state index contributed by atoms with van der Waals surface area (Å²) in [5, 5.41) is 4.84. The number of rotatable bonds is 5. The molecule has 0 atom stereocenters. The molecule has 5 heteroatoms. The Bertz CT molecular complexity index is 669. The van der Waals surface area contributed by atoms with E-state index in [-0.39, 0.29) is 5.91 Å². The lowest BCUT2D eigenvalue weighted by molar-refractivity contribution is 0.0958. The number of carbonyl (C=O) groups excluding carboxylic acids is 1. The van der Waals surface area contributed by atoms with E-state index < -0.39 is 0 Å². The van der Waals surface area contributed by atoms with E-state index in [1.807, 2.05) is 29.6 Å². The Morgan fingerprint density at radius 3 is 2.90 bits per heavy atom. The van der Waals surface area contributed by atoms with Gasteiger partial charge in [-0.3, -0.25) is 4.79 Å². The van der Waals surface area contributed by atoms with Gasteiger partial charge in [0.2, 0.25) is 0 Å². The third kappa shape index (κ3) is 3.00. The number of thiophene rings is 2. The van der Waals surface area contributed by atoms with E-state index in [2.05, 4.69) is 17.4 Å². The molecule has 0 aliphatic rings. The van der Waals surface area contributed by atoms with Crippen molar-refractivity contribution in [2.45, 2.75) is 6.42 Å². The van der Waals surface area contributed by atoms with Gasteiger partial charge in [0.25, 0.3) is 5.91 Å². The Balaban J connectivity index is 1.53. The molecule has 0 unspecified atom stereocenters. The molecule has 0 spiro atoms. The molecule has 0 saturated carbocycles. The van der Waals surface area contributed by atoms with Gasteiger partial charge in [0.15, 0.2) is 0 Å². The predicted octanol–water partition coefficient (Wildman–Crippen LogP) is 4.04. The number of amides is 1. The van der Waals surface area contributed by atoms with E-state index in [4.69, 9.17) is 4.42 Å². The van der Waals surface area contributed by atoms with Crippen molar-refractivity contribution >= 4 is 28.6 Å². The summed E-state index contributed by atoms with van der Waals surface area (Å²) in [7, 11) is 0. The van der Waals surface area contributed by atoms with Gasteiger partial charge >= 0.3 is 0 Å². The summed E-state index contributed by atoms with van der Waals surface area (Å²) < 4.78 is 5.37. The highest BCUT2D eigenvalue weighted by atomic mass is 32.1. The Hall–Kier alpha value is -1.85. The van der Waals surface area contributed by atoms with Crippen LogP contribution in [0.15, 0.2) is 52.5 Å². The van der Waals surface area contributed by atoms with Gasteiger partial charge in [-0.1, -0.05) is 6.07 Å². The largest absolute Gasteiger partial charge is 0.464 e. The standard InChI is InChI=1S/C15H13NO2S2/c17-15(14-4-2-10-19-14)16-8-7-11-5-6-13(20-11)12-3-1-9-18-12/h1-6,9-10H,7-8H2,(H,16,17). The van der Waals surface area contributed by atoms with Gasteiger partial charge in [0.05, 0.1) is 16.0 Å². The van der Waals surface area contributed by atoms with Crippen LogP contribution < -0.4 is 5.32 Å². The zero-order valence-corrected chi connectivity index (χ0v) is 12.3. The quantitative estimate of drug-likeness (QED) is 0.773. The van der Waals surface area contributed by atoms with Gasteiger partial charge in [-0.05, 0) is 42.1 Å². The molecule has 0 aliphatic heterocycles. The van der Waals surface area contributed by atoms with Crippen LogP contribution in [0.25, 0.3) is 10.6 Å². The van der Waals surface area contributed by atoms with E-state index >= 15 is 0 Å². The van der Waals surface area contributed by atoms with E-state index in [9.17, 15) is 4.79 Å². The maximum atomic E-state index is 11.8. The van der Waals surface area contributed by atoms with Gasteiger partial charge in [-0.15, -0.1) is 22.7 Å². The van der Waals surface area contributed by atoms with Crippen molar-refractivity contribution in [2.75, 3.05) is 6.54 Å². The lowest BCUT2D eigenvalue weighted by atomic mass is 10.3. The van der Waals surface area contributed by atoms with Gasteiger partial charge in [0, 0.05) is 11.4 Å². The maximum Gasteiger partial charge on any atom is 0.261 e. The van der Waals surface area contributed by atoms with Crippen LogP contribution in [0.4, 0.5) is 0 Å². The van der Waals surface area contributed by atoms with Gasteiger partial charge in [-0.25, -0.2) is 0 Å². The van der Waals surface area contributed by atoms with E-state index in [1.165, 1.54) is 16.2 Å². The summed E-state index contributed by atoms with van der Waals surface area (Å²) in [6.07, 6.45) is 2.51. The third-order valence-corrected chi connectivity index (χ3v) is 4.86. The van der Waals surface area contributed by atoms with Crippen LogP contribution in [0.5, 0.6) is 0 Å². The van der Waals surface area contributed by atoms with Crippen molar-refractivity contribution in [2.24, 2.45) is 0 Å². The molecule has 0 fully saturated rings. The van der Waals surface area contributed by atoms with E-state index in [0.29, 0.717) is 6.54 Å². The Morgan fingerprint density at radius 2 is 2.15 bits per heavy atom.